The molecule has 2 aromatic rings. The maximum Gasteiger partial charge on any atom is 0.346 e. The number of hydrogen-bond donors (Lipinski definition) is 0. The van der Waals surface area contributed by atoms with E-state index in [2.05, 4.69) is 0 Å². The van der Waals surface area contributed by atoms with Crippen molar-refractivity contribution in [3.8, 4) is 5.75 Å². The van der Waals surface area contributed by atoms with Crippen LogP contribution in [0.4, 0.5) is 0 Å². The lowest BCUT2D eigenvalue weighted by atomic mass is 10.1. The first-order valence-corrected chi connectivity index (χ1v) is 8.28. The van der Waals surface area contributed by atoms with Gasteiger partial charge in [0.1, 0.15) is 0 Å². The predicted octanol–water partition coefficient (Wildman–Crippen LogP) is 0.363. The maximum absolute atomic E-state index is 12.5. The van der Waals surface area contributed by atoms with Crippen LogP contribution in [0.5, 0.6) is 5.75 Å². The summed E-state index contributed by atoms with van der Waals surface area (Å²) in [5, 5.41) is 0. The van der Waals surface area contributed by atoms with Gasteiger partial charge in [-0.1, -0.05) is 6.07 Å². The molecule has 128 valence electrons. The molecule has 0 amide bonds. The van der Waals surface area contributed by atoms with Crippen LogP contribution in [0.25, 0.3) is 0 Å². The molecule has 0 saturated carbocycles. The lowest BCUT2D eigenvalue weighted by Gasteiger charge is -2.12. The van der Waals surface area contributed by atoms with Crippen LogP contribution >= 0.6 is 0 Å². The average Bonchev–Trinajstić information content (AvgIpc) is 2.48. The van der Waals surface area contributed by atoms with Crippen LogP contribution in [-0.4, -0.2) is 23.3 Å². The van der Waals surface area contributed by atoms with Crippen molar-refractivity contribution in [3.05, 3.63) is 56.4 Å². The summed E-state index contributed by atoms with van der Waals surface area (Å²) >= 11 is 0. The topological polar surface area (TPSA) is 104 Å². The van der Waals surface area contributed by atoms with Crippen LogP contribution in [0.1, 0.15) is 22.8 Å². The number of ketones is 1. The molecular weight excluding hydrogens is 336 g/mol. The molecule has 1 heterocycles. The highest BCUT2D eigenvalue weighted by Crippen LogP contribution is 2.24. The Balaban J connectivity index is 2.63. The normalized spacial score (nSPS) is 11.3. The quantitative estimate of drug-likeness (QED) is 0.581. The van der Waals surface area contributed by atoms with Crippen molar-refractivity contribution in [3.63, 3.8) is 0 Å². The van der Waals surface area contributed by atoms with Crippen LogP contribution in [-0.2, 0) is 24.2 Å². The number of aryl methyl sites for hydroxylation is 2. The molecule has 0 atom stereocenters. The zero-order valence-corrected chi connectivity index (χ0v) is 14.4. The highest BCUT2D eigenvalue weighted by Gasteiger charge is 2.25. The summed E-state index contributed by atoms with van der Waals surface area (Å²) < 4.78 is 31.6. The highest BCUT2D eigenvalue weighted by molar-refractivity contribution is 7.87. The molecule has 0 N–H and O–H groups in total. The van der Waals surface area contributed by atoms with Gasteiger partial charge in [0.15, 0.2) is 16.4 Å². The molecule has 2 rings (SSSR count). The monoisotopic (exact) mass is 352 g/mol. The van der Waals surface area contributed by atoms with Gasteiger partial charge in [0.05, 0.1) is 5.56 Å². The summed E-state index contributed by atoms with van der Waals surface area (Å²) in [6.07, 6.45) is 0.892. The second-order valence-corrected chi connectivity index (χ2v) is 6.86. The van der Waals surface area contributed by atoms with E-state index in [1.54, 1.807) is 13.0 Å². The average molecular weight is 352 g/mol. The molecule has 9 heteroatoms. The second kappa shape index (κ2) is 6.08. The molecule has 0 bridgehead atoms. The Hall–Kier alpha value is -2.68. The predicted molar refractivity (Wildman–Crippen MR) is 85.9 cm³/mol. The van der Waals surface area contributed by atoms with Crippen LogP contribution in [0.2, 0.25) is 0 Å². The van der Waals surface area contributed by atoms with Crippen molar-refractivity contribution in [1.29, 1.82) is 0 Å². The van der Waals surface area contributed by atoms with Gasteiger partial charge in [0.2, 0.25) is 0 Å². The molecular formula is C15H16N2O6S. The van der Waals surface area contributed by atoms with Crippen molar-refractivity contribution < 1.29 is 17.4 Å². The molecule has 0 fully saturated rings. The van der Waals surface area contributed by atoms with Crippen molar-refractivity contribution in [2.45, 2.75) is 18.7 Å². The van der Waals surface area contributed by atoms with E-state index in [-0.39, 0.29) is 17.1 Å². The third-order valence-corrected chi connectivity index (χ3v) is 4.62. The molecule has 0 aliphatic carbocycles. The summed E-state index contributed by atoms with van der Waals surface area (Å²) in [6.45, 7) is 2.98. The lowest BCUT2D eigenvalue weighted by Crippen LogP contribution is -2.39. The van der Waals surface area contributed by atoms with E-state index in [0.29, 0.717) is 10.1 Å². The fourth-order valence-electron chi connectivity index (χ4n) is 2.10. The Morgan fingerprint density at radius 2 is 1.79 bits per heavy atom. The first-order valence-electron chi connectivity index (χ1n) is 6.87. The Morgan fingerprint density at radius 3 is 2.38 bits per heavy atom. The SMILES string of the molecule is CC(=O)c1ccc(C)cc1OS(=O)(=O)c1cn(C)c(=O)n(C)c1=O. The Kier molecular flexibility index (Phi) is 4.48. The van der Waals surface area contributed by atoms with Gasteiger partial charge in [0, 0.05) is 20.3 Å². The summed E-state index contributed by atoms with van der Waals surface area (Å²) in [7, 11) is -2.05. The minimum absolute atomic E-state index is 0.0748. The molecule has 0 radical (unpaired) electrons. The second-order valence-electron chi connectivity index (χ2n) is 5.34. The van der Waals surface area contributed by atoms with Crippen LogP contribution < -0.4 is 15.4 Å². The fourth-order valence-corrected chi connectivity index (χ4v) is 3.20. The van der Waals surface area contributed by atoms with E-state index in [1.165, 1.54) is 26.1 Å². The maximum atomic E-state index is 12.5. The summed E-state index contributed by atoms with van der Waals surface area (Å²) in [5.41, 5.74) is -0.918. The van der Waals surface area contributed by atoms with Crippen molar-refractivity contribution >= 4 is 15.9 Å². The van der Waals surface area contributed by atoms with Crippen LogP contribution in [0, 0.1) is 6.92 Å². The summed E-state index contributed by atoms with van der Waals surface area (Å²) in [4.78, 5) is 34.7. The summed E-state index contributed by atoms with van der Waals surface area (Å²) in [5.74, 6) is -0.549. The van der Waals surface area contributed by atoms with E-state index in [1.807, 2.05) is 0 Å². The fraction of sp³-hybridized carbons (Fsp3) is 0.267. The minimum Gasteiger partial charge on any atom is -0.378 e. The first kappa shape index (κ1) is 17.7. The van der Waals surface area contributed by atoms with Crippen molar-refractivity contribution in [2.75, 3.05) is 0 Å². The van der Waals surface area contributed by atoms with Gasteiger partial charge in [-0.25, -0.2) is 4.79 Å². The number of carbonyl (C=O) groups is 1. The standard InChI is InChI=1S/C15H16N2O6S/c1-9-5-6-11(10(2)18)12(7-9)23-24(21,22)13-8-16(3)15(20)17(4)14(13)19/h5-8H,1-4H3. The van der Waals surface area contributed by atoms with Gasteiger partial charge in [-0.3, -0.25) is 14.2 Å². The van der Waals surface area contributed by atoms with E-state index in [4.69, 9.17) is 4.18 Å². The third-order valence-electron chi connectivity index (χ3n) is 3.40. The zero-order chi connectivity index (χ0) is 18.2. The number of aromatic nitrogens is 2. The molecule has 0 spiro atoms. The number of nitrogens with zero attached hydrogens (tertiary/aromatic N) is 2. The molecule has 1 aromatic heterocycles. The summed E-state index contributed by atoms with van der Waals surface area (Å²) in [6, 6.07) is 4.48. The van der Waals surface area contributed by atoms with Gasteiger partial charge < -0.3 is 8.75 Å². The minimum atomic E-state index is -4.52. The third kappa shape index (κ3) is 3.16. The molecule has 0 aliphatic heterocycles. The largest absolute Gasteiger partial charge is 0.378 e. The molecule has 0 saturated heterocycles. The number of Topliss-reactive ketones (excluding diaryl/α,β-unsaturated/α-hetero) is 1. The van der Waals surface area contributed by atoms with E-state index < -0.39 is 26.3 Å². The van der Waals surface area contributed by atoms with E-state index in [9.17, 15) is 22.8 Å². The van der Waals surface area contributed by atoms with Gasteiger partial charge in [0.25, 0.3) is 5.56 Å². The number of hydrogen-bond acceptors (Lipinski definition) is 6. The number of carbonyl (C=O) groups excluding carboxylic acids is 1. The Labute approximate surface area is 138 Å². The zero-order valence-electron chi connectivity index (χ0n) is 13.6. The Morgan fingerprint density at radius 1 is 1.17 bits per heavy atom. The molecule has 0 unspecified atom stereocenters. The number of rotatable bonds is 4. The van der Waals surface area contributed by atoms with Gasteiger partial charge in [-0.15, -0.1) is 0 Å². The lowest BCUT2D eigenvalue weighted by molar-refractivity contribution is 0.101. The smallest absolute Gasteiger partial charge is 0.346 e. The molecule has 24 heavy (non-hydrogen) atoms. The molecule has 8 nitrogen and oxygen atoms in total. The van der Waals surface area contributed by atoms with E-state index >= 15 is 0 Å². The Bertz CT molecular complexity index is 1050. The van der Waals surface area contributed by atoms with Crippen molar-refractivity contribution in [1.82, 2.24) is 9.13 Å². The van der Waals surface area contributed by atoms with Gasteiger partial charge >= 0.3 is 15.8 Å². The van der Waals surface area contributed by atoms with Crippen LogP contribution in [0.3, 0.4) is 0 Å². The van der Waals surface area contributed by atoms with Gasteiger partial charge in [-0.05, 0) is 31.5 Å². The molecule has 0 aliphatic rings. The van der Waals surface area contributed by atoms with Crippen LogP contribution in [0.15, 0.2) is 38.9 Å². The molecule has 1 aromatic carbocycles. The van der Waals surface area contributed by atoms with Crippen molar-refractivity contribution in [2.24, 2.45) is 14.1 Å². The van der Waals surface area contributed by atoms with Gasteiger partial charge in [-0.2, -0.15) is 8.42 Å². The number of benzene rings is 1. The first-order chi connectivity index (χ1) is 11.0. The highest BCUT2D eigenvalue weighted by atomic mass is 32.2. The van der Waals surface area contributed by atoms with E-state index in [0.717, 1.165) is 17.8 Å².